The van der Waals surface area contributed by atoms with Crippen molar-refractivity contribution in [3.63, 3.8) is 0 Å². The summed E-state index contributed by atoms with van der Waals surface area (Å²) >= 11 is 0. The van der Waals surface area contributed by atoms with Gasteiger partial charge in [0.15, 0.2) is 11.3 Å². The fourth-order valence-electron chi connectivity index (χ4n) is 4.20. The zero-order chi connectivity index (χ0) is 16.8. The quantitative estimate of drug-likeness (QED) is 0.747. The molecule has 0 bridgehead atoms. The largest absolute Gasteiger partial charge is 0.345 e. The van der Waals surface area contributed by atoms with Gasteiger partial charge in [-0.25, -0.2) is 9.78 Å². The van der Waals surface area contributed by atoms with Gasteiger partial charge < -0.3 is 15.2 Å². The van der Waals surface area contributed by atoms with Crippen LogP contribution in [0.15, 0.2) is 18.5 Å². The molecule has 130 valence electrons. The Balaban J connectivity index is 1.37. The fraction of sp³-hybridized carbons (Fsp3) is 0.529. The highest BCUT2D eigenvalue weighted by atomic mass is 16.2. The van der Waals surface area contributed by atoms with Crippen LogP contribution in [0.3, 0.4) is 0 Å². The van der Waals surface area contributed by atoms with Crippen molar-refractivity contribution in [3.05, 3.63) is 24.3 Å². The van der Waals surface area contributed by atoms with Gasteiger partial charge in [0.1, 0.15) is 5.82 Å². The van der Waals surface area contributed by atoms with Crippen molar-refractivity contribution >= 4 is 22.8 Å². The summed E-state index contributed by atoms with van der Waals surface area (Å²) in [5.41, 5.74) is 2.61. The molecule has 1 saturated carbocycles. The molecule has 2 aliphatic rings. The zero-order valence-corrected chi connectivity index (χ0v) is 14.0. The first-order valence-corrected chi connectivity index (χ1v) is 9.02. The van der Waals surface area contributed by atoms with Crippen LogP contribution in [0, 0.1) is 0 Å². The van der Waals surface area contributed by atoms with E-state index in [2.05, 4.69) is 29.9 Å². The average Bonchev–Trinajstić information content (AvgIpc) is 3.37. The Morgan fingerprint density at radius 3 is 3.00 bits per heavy atom. The third-order valence-electron chi connectivity index (χ3n) is 5.49. The van der Waals surface area contributed by atoms with Crippen LogP contribution in [0.2, 0.25) is 0 Å². The molecule has 8 heteroatoms. The molecule has 2 fully saturated rings. The van der Waals surface area contributed by atoms with E-state index in [4.69, 9.17) is 0 Å². The Bertz CT molecular complexity index is 924. The van der Waals surface area contributed by atoms with E-state index in [1.807, 2.05) is 17.2 Å². The molecule has 1 saturated heterocycles. The number of carbonyl (C=O) groups excluding carboxylic acids is 1. The number of rotatable bonds is 2. The van der Waals surface area contributed by atoms with Gasteiger partial charge in [-0.05, 0) is 38.2 Å². The van der Waals surface area contributed by atoms with Crippen LogP contribution in [-0.4, -0.2) is 54.6 Å². The van der Waals surface area contributed by atoms with Gasteiger partial charge in [0, 0.05) is 31.2 Å². The van der Waals surface area contributed by atoms with Gasteiger partial charge >= 0.3 is 6.03 Å². The molecule has 2 amide bonds. The standard InChI is InChI=1S/C17H21N7O/c25-17(23-7-1-2-8-23)20-12-4-3-11(9-12)16-22-21-14-10-19-15-13(24(14)16)5-6-18-15/h5-6,10-12,18H,1-4,7-9H2,(H,20,25). The maximum Gasteiger partial charge on any atom is 0.317 e. The number of aromatic nitrogens is 5. The maximum atomic E-state index is 12.3. The molecule has 3 aromatic heterocycles. The van der Waals surface area contributed by atoms with E-state index in [1.54, 1.807) is 6.20 Å². The fourth-order valence-corrected chi connectivity index (χ4v) is 4.20. The Morgan fingerprint density at radius 1 is 1.24 bits per heavy atom. The number of amides is 2. The van der Waals surface area contributed by atoms with Gasteiger partial charge in [0.25, 0.3) is 0 Å². The van der Waals surface area contributed by atoms with E-state index < -0.39 is 0 Å². The minimum absolute atomic E-state index is 0.0893. The molecule has 0 aromatic carbocycles. The molecule has 0 radical (unpaired) electrons. The van der Waals surface area contributed by atoms with Crippen LogP contribution >= 0.6 is 0 Å². The molecular formula is C17H21N7O. The smallest absolute Gasteiger partial charge is 0.317 e. The molecule has 25 heavy (non-hydrogen) atoms. The molecule has 3 aromatic rings. The summed E-state index contributed by atoms with van der Waals surface area (Å²) in [6.07, 6.45) is 8.78. The molecule has 1 aliphatic heterocycles. The lowest BCUT2D eigenvalue weighted by atomic mass is 10.1. The Hall–Kier alpha value is -2.64. The van der Waals surface area contributed by atoms with Gasteiger partial charge in [0.05, 0.1) is 11.7 Å². The minimum atomic E-state index is 0.0893. The number of likely N-dealkylation sites (tertiary alicyclic amines) is 1. The van der Waals surface area contributed by atoms with E-state index in [0.29, 0.717) is 5.92 Å². The summed E-state index contributed by atoms with van der Waals surface area (Å²) in [4.78, 5) is 21.7. The normalized spacial score (nSPS) is 23.8. The maximum absolute atomic E-state index is 12.3. The average molecular weight is 339 g/mol. The van der Waals surface area contributed by atoms with Crippen molar-refractivity contribution in [2.75, 3.05) is 13.1 Å². The summed E-state index contributed by atoms with van der Waals surface area (Å²) in [6, 6.07) is 2.31. The molecule has 2 N–H and O–H groups in total. The van der Waals surface area contributed by atoms with Gasteiger partial charge in [-0.3, -0.25) is 4.40 Å². The lowest BCUT2D eigenvalue weighted by Crippen LogP contribution is -2.42. The van der Waals surface area contributed by atoms with Crippen LogP contribution in [0.5, 0.6) is 0 Å². The first-order chi connectivity index (χ1) is 12.3. The number of nitrogens with one attached hydrogen (secondary N) is 2. The Morgan fingerprint density at radius 2 is 2.12 bits per heavy atom. The number of hydrogen-bond donors (Lipinski definition) is 2. The molecule has 8 nitrogen and oxygen atoms in total. The summed E-state index contributed by atoms with van der Waals surface area (Å²) in [5, 5.41) is 11.9. The van der Waals surface area contributed by atoms with E-state index in [9.17, 15) is 4.79 Å². The van der Waals surface area contributed by atoms with Crippen molar-refractivity contribution in [1.82, 2.24) is 34.8 Å². The van der Waals surface area contributed by atoms with Crippen molar-refractivity contribution in [2.24, 2.45) is 0 Å². The van der Waals surface area contributed by atoms with E-state index in [1.165, 1.54) is 0 Å². The Kier molecular flexibility index (Phi) is 3.36. The predicted molar refractivity (Wildman–Crippen MR) is 92.4 cm³/mol. The summed E-state index contributed by atoms with van der Waals surface area (Å²) < 4.78 is 2.09. The van der Waals surface area contributed by atoms with Crippen molar-refractivity contribution in [1.29, 1.82) is 0 Å². The molecule has 1 aliphatic carbocycles. The van der Waals surface area contributed by atoms with Gasteiger partial charge in [-0.1, -0.05) is 0 Å². The van der Waals surface area contributed by atoms with Gasteiger partial charge in [-0.2, -0.15) is 0 Å². The summed E-state index contributed by atoms with van der Waals surface area (Å²) in [6.45, 7) is 1.77. The van der Waals surface area contributed by atoms with E-state index >= 15 is 0 Å². The number of urea groups is 1. The molecule has 0 spiro atoms. The summed E-state index contributed by atoms with van der Waals surface area (Å²) in [7, 11) is 0. The van der Waals surface area contributed by atoms with Crippen LogP contribution in [-0.2, 0) is 0 Å². The highest BCUT2D eigenvalue weighted by Gasteiger charge is 2.32. The number of nitrogens with zero attached hydrogens (tertiary/aromatic N) is 5. The van der Waals surface area contributed by atoms with Crippen molar-refractivity contribution in [2.45, 2.75) is 44.1 Å². The number of hydrogen-bond acceptors (Lipinski definition) is 4. The van der Waals surface area contributed by atoms with Gasteiger partial charge in [-0.15, -0.1) is 10.2 Å². The molecule has 2 unspecified atom stereocenters. The highest BCUT2D eigenvalue weighted by molar-refractivity contribution is 5.75. The second-order valence-corrected chi connectivity index (χ2v) is 7.07. The van der Waals surface area contributed by atoms with Crippen molar-refractivity contribution < 1.29 is 4.79 Å². The minimum Gasteiger partial charge on any atom is -0.345 e. The lowest BCUT2D eigenvalue weighted by molar-refractivity contribution is 0.204. The summed E-state index contributed by atoms with van der Waals surface area (Å²) in [5.74, 6) is 1.28. The number of H-pyrrole nitrogens is 1. The van der Waals surface area contributed by atoms with Crippen LogP contribution in [0.1, 0.15) is 43.8 Å². The molecule has 4 heterocycles. The first-order valence-electron chi connectivity index (χ1n) is 9.02. The predicted octanol–water partition coefficient (Wildman–Crippen LogP) is 2.05. The molecular weight excluding hydrogens is 318 g/mol. The number of fused-ring (bicyclic) bond motifs is 3. The topological polar surface area (TPSA) is 91.2 Å². The van der Waals surface area contributed by atoms with Crippen LogP contribution < -0.4 is 5.32 Å². The van der Waals surface area contributed by atoms with E-state index in [-0.39, 0.29) is 12.1 Å². The lowest BCUT2D eigenvalue weighted by Gasteiger charge is -2.20. The third-order valence-corrected chi connectivity index (χ3v) is 5.49. The monoisotopic (exact) mass is 339 g/mol. The highest BCUT2D eigenvalue weighted by Crippen LogP contribution is 2.34. The third kappa shape index (κ3) is 2.43. The van der Waals surface area contributed by atoms with Crippen LogP contribution in [0.25, 0.3) is 16.8 Å². The first kappa shape index (κ1) is 14.7. The second-order valence-electron chi connectivity index (χ2n) is 7.07. The van der Waals surface area contributed by atoms with Gasteiger partial charge in [0.2, 0.25) is 0 Å². The number of aromatic amines is 1. The number of carbonyl (C=O) groups is 1. The molecule has 2 atom stereocenters. The zero-order valence-electron chi connectivity index (χ0n) is 14.0. The van der Waals surface area contributed by atoms with Crippen molar-refractivity contribution in [3.8, 4) is 0 Å². The second kappa shape index (κ2) is 5.72. The SMILES string of the molecule is O=C(NC1CCC(c2nnc3cnc4[nH]ccc4n23)C1)N1CCCC1. The Labute approximate surface area is 144 Å². The molecule has 5 rings (SSSR count). The van der Waals surface area contributed by atoms with Crippen LogP contribution in [0.4, 0.5) is 4.79 Å². The van der Waals surface area contributed by atoms with E-state index in [0.717, 1.165) is 67.8 Å².